The van der Waals surface area contributed by atoms with E-state index in [1.54, 1.807) is 11.2 Å². The molecule has 4 aromatic rings. The lowest BCUT2D eigenvalue weighted by Crippen LogP contribution is -2.41. The molecule has 1 aliphatic heterocycles. The second-order valence-corrected chi connectivity index (χ2v) is 9.13. The fourth-order valence-electron chi connectivity index (χ4n) is 4.86. The largest absolute Gasteiger partial charge is 0.348 e. The normalized spacial score (nSPS) is 17.3. The van der Waals surface area contributed by atoms with Gasteiger partial charge in [0.15, 0.2) is 5.65 Å². The molecule has 32 heavy (non-hydrogen) atoms. The molecule has 4 heterocycles. The zero-order valence-corrected chi connectivity index (χ0v) is 19.1. The maximum atomic E-state index is 12.2. The first-order valence-corrected chi connectivity index (χ1v) is 11.1. The molecule has 1 N–H and O–H groups in total. The quantitative estimate of drug-likeness (QED) is 0.537. The SMILES string of the molecule is Cc1cc(-c2cc(C)c3ncnn3c2)cc2n[nH]c(C3CCCN(CC(=O)N(C)C)C3)c12. The van der Waals surface area contributed by atoms with Gasteiger partial charge in [-0.1, -0.05) is 6.07 Å². The Balaban J connectivity index is 1.47. The summed E-state index contributed by atoms with van der Waals surface area (Å²) in [6, 6.07) is 6.53. The molecule has 0 radical (unpaired) electrons. The summed E-state index contributed by atoms with van der Waals surface area (Å²) in [5, 5.41) is 13.5. The molecule has 1 unspecified atom stereocenters. The van der Waals surface area contributed by atoms with Crippen LogP contribution < -0.4 is 0 Å². The summed E-state index contributed by atoms with van der Waals surface area (Å²) < 4.78 is 1.83. The van der Waals surface area contributed by atoms with Gasteiger partial charge < -0.3 is 4.90 Å². The van der Waals surface area contributed by atoms with Crippen LogP contribution in [0, 0.1) is 13.8 Å². The smallest absolute Gasteiger partial charge is 0.236 e. The van der Waals surface area contributed by atoms with E-state index in [0.29, 0.717) is 12.5 Å². The number of H-pyrrole nitrogens is 1. The van der Waals surface area contributed by atoms with E-state index in [4.69, 9.17) is 0 Å². The van der Waals surface area contributed by atoms with E-state index < -0.39 is 0 Å². The Kier molecular flexibility index (Phi) is 5.17. The predicted molar refractivity (Wildman–Crippen MR) is 125 cm³/mol. The van der Waals surface area contributed by atoms with Gasteiger partial charge in [-0.2, -0.15) is 10.2 Å². The zero-order valence-electron chi connectivity index (χ0n) is 19.1. The van der Waals surface area contributed by atoms with Crippen LogP contribution in [0.15, 0.2) is 30.7 Å². The number of likely N-dealkylation sites (tertiary alicyclic amines) is 1. The number of aromatic nitrogens is 5. The Hall–Kier alpha value is -3.26. The third-order valence-electron chi connectivity index (χ3n) is 6.54. The number of pyridine rings is 1. The lowest BCUT2D eigenvalue weighted by molar-refractivity contribution is -0.130. The molecule has 1 aromatic carbocycles. The number of nitrogens with one attached hydrogen (secondary N) is 1. The number of likely N-dealkylation sites (N-methyl/N-ethyl adjacent to an activating group) is 1. The average Bonchev–Trinajstić information content (AvgIpc) is 3.41. The summed E-state index contributed by atoms with van der Waals surface area (Å²) >= 11 is 0. The number of carbonyl (C=O) groups excluding carboxylic acids is 1. The molecule has 0 saturated carbocycles. The van der Waals surface area contributed by atoms with Crippen molar-refractivity contribution in [3.8, 4) is 11.1 Å². The van der Waals surface area contributed by atoms with Crippen LogP contribution in [-0.4, -0.2) is 74.2 Å². The minimum atomic E-state index is 0.153. The Morgan fingerprint density at radius 1 is 1.19 bits per heavy atom. The molecular weight excluding hydrogens is 402 g/mol. The monoisotopic (exact) mass is 431 g/mol. The lowest BCUT2D eigenvalue weighted by Gasteiger charge is -2.32. The number of benzene rings is 1. The summed E-state index contributed by atoms with van der Waals surface area (Å²) in [6.45, 7) is 6.53. The standard InChI is InChI=1S/C24H29N7O/c1-15-8-18(19-9-16(2)24-25-14-26-31(24)12-19)10-20-22(15)23(28-27-20)17-6-5-7-30(11-17)13-21(32)29(3)4/h8-10,12,14,17H,5-7,11,13H2,1-4H3,(H,27,28). The summed E-state index contributed by atoms with van der Waals surface area (Å²) in [4.78, 5) is 20.4. The van der Waals surface area contributed by atoms with E-state index >= 15 is 0 Å². The van der Waals surface area contributed by atoms with Crippen LogP contribution in [0.2, 0.25) is 0 Å². The lowest BCUT2D eigenvalue weighted by atomic mass is 9.90. The number of rotatable bonds is 4. The highest BCUT2D eigenvalue weighted by atomic mass is 16.2. The first kappa shape index (κ1) is 20.6. The molecule has 8 heteroatoms. The summed E-state index contributed by atoms with van der Waals surface area (Å²) in [6.07, 6.45) is 5.79. The van der Waals surface area contributed by atoms with Gasteiger partial charge >= 0.3 is 0 Å². The van der Waals surface area contributed by atoms with Crippen LogP contribution >= 0.6 is 0 Å². The molecule has 0 spiro atoms. The third kappa shape index (κ3) is 3.64. The Morgan fingerprint density at radius 2 is 2.00 bits per heavy atom. The van der Waals surface area contributed by atoms with Gasteiger partial charge in [0.05, 0.1) is 12.1 Å². The Labute approximate surface area is 187 Å². The molecule has 3 aromatic heterocycles. The molecule has 1 amide bonds. The van der Waals surface area contributed by atoms with Crippen molar-refractivity contribution in [2.24, 2.45) is 0 Å². The van der Waals surface area contributed by atoms with Crippen molar-refractivity contribution < 1.29 is 4.79 Å². The number of hydrogen-bond acceptors (Lipinski definition) is 5. The molecule has 166 valence electrons. The van der Waals surface area contributed by atoms with Crippen molar-refractivity contribution in [3.63, 3.8) is 0 Å². The van der Waals surface area contributed by atoms with E-state index in [9.17, 15) is 4.79 Å². The summed E-state index contributed by atoms with van der Waals surface area (Å²) in [5.41, 5.74) is 7.57. The van der Waals surface area contributed by atoms with Crippen LogP contribution in [0.25, 0.3) is 27.7 Å². The number of aromatic amines is 1. The molecule has 1 atom stereocenters. The highest BCUT2D eigenvalue weighted by Crippen LogP contribution is 2.35. The molecule has 1 aliphatic rings. The molecule has 0 bridgehead atoms. The average molecular weight is 432 g/mol. The zero-order chi connectivity index (χ0) is 22.4. The highest BCUT2D eigenvalue weighted by Gasteiger charge is 2.26. The van der Waals surface area contributed by atoms with Gasteiger partial charge in [-0.05, 0) is 62.1 Å². The van der Waals surface area contributed by atoms with E-state index in [0.717, 1.165) is 53.8 Å². The molecule has 1 saturated heterocycles. The van der Waals surface area contributed by atoms with Crippen LogP contribution in [-0.2, 0) is 4.79 Å². The van der Waals surface area contributed by atoms with Gasteiger partial charge in [0, 0.05) is 49.4 Å². The fourth-order valence-corrected chi connectivity index (χ4v) is 4.86. The van der Waals surface area contributed by atoms with E-state index in [1.807, 2.05) is 24.8 Å². The minimum absolute atomic E-state index is 0.153. The van der Waals surface area contributed by atoms with Crippen molar-refractivity contribution in [3.05, 3.63) is 47.5 Å². The van der Waals surface area contributed by atoms with E-state index in [2.05, 4.69) is 57.2 Å². The summed E-state index contributed by atoms with van der Waals surface area (Å²) in [5.74, 6) is 0.502. The van der Waals surface area contributed by atoms with Gasteiger partial charge in [0.1, 0.15) is 6.33 Å². The van der Waals surface area contributed by atoms with Crippen LogP contribution in [0.1, 0.15) is 35.6 Å². The van der Waals surface area contributed by atoms with Crippen molar-refractivity contribution in [1.29, 1.82) is 0 Å². The van der Waals surface area contributed by atoms with Crippen LogP contribution in [0.5, 0.6) is 0 Å². The fraction of sp³-hybridized carbons (Fsp3) is 0.417. The van der Waals surface area contributed by atoms with E-state index in [1.165, 1.54) is 16.6 Å². The Morgan fingerprint density at radius 3 is 2.81 bits per heavy atom. The van der Waals surface area contributed by atoms with Crippen LogP contribution in [0.3, 0.4) is 0 Å². The van der Waals surface area contributed by atoms with Gasteiger partial charge in [0.2, 0.25) is 5.91 Å². The van der Waals surface area contributed by atoms with Crippen molar-refractivity contribution >= 4 is 22.5 Å². The summed E-state index contributed by atoms with van der Waals surface area (Å²) in [7, 11) is 3.63. The van der Waals surface area contributed by atoms with E-state index in [-0.39, 0.29) is 5.91 Å². The second kappa shape index (κ2) is 8.02. The minimum Gasteiger partial charge on any atom is -0.348 e. The van der Waals surface area contributed by atoms with Gasteiger partial charge in [-0.25, -0.2) is 9.50 Å². The highest BCUT2D eigenvalue weighted by molar-refractivity contribution is 5.90. The van der Waals surface area contributed by atoms with Gasteiger partial charge in [-0.15, -0.1) is 0 Å². The molecule has 1 fully saturated rings. The second-order valence-electron chi connectivity index (χ2n) is 9.13. The molecule has 5 rings (SSSR count). The maximum Gasteiger partial charge on any atom is 0.236 e. The van der Waals surface area contributed by atoms with Crippen molar-refractivity contribution in [2.75, 3.05) is 33.7 Å². The van der Waals surface area contributed by atoms with Gasteiger partial charge in [0.25, 0.3) is 0 Å². The number of hydrogen-bond donors (Lipinski definition) is 1. The number of aryl methyl sites for hydroxylation is 2. The van der Waals surface area contributed by atoms with Crippen molar-refractivity contribution in [1.82, 2.24) is 34.6 Å². The number of fused-ring (bicyclic) bond motifs is 2. The predicted octanol–water partition coefficient (Wildman–Crippen LogP) is 3.16. The molecule has 0 aliphatic carbocycles. The third-order valence-corrected chi connectivity index (χ3v) is 6.54. The van der Waals surface area contributed by atoms with Gasteiger partial charge in [-0.3, -0.25) is 14.8 Å². The Bertz CT molecular complexity index is 1300. The first-order chi connectivity index (χ1) is 15.4. The number of carbonyl (C=O) groups is 1. The number of piperidine rings is 1. The van der Waals surface area contributed by atoms with Crippen molar-refractivity contribution in [2.45, 2.75) is 32.6 Å². The number of nitrogens with zero attached hydrogens (tertiary/aromatic N) is 6. The molecule has 8 nitrogen and oxygen atoms in total. The number of amides is 1. The topological polar surface area (TPSA) is 82.4 Å². The van der Waals surface area contributed by atoms with Crippen LogP contribution in [0.4, 0.5) is 0 Å². The maximum absolute atomic E-state index is 12.2. The molecular formula is C24H29N7O. The first-order valence-electron chi connectivity index (χ1n) is 11.1.